The van der Waals surface area contributed by atoms with Crippen LogP contribution in [0.2, 0.25) is 5.02 Å². The number of hydrogen-bond acceptors (Lipinski definition) is 4. The fourth-order valence-corrected chi connectivity index (χ4v) is 1.66. The minimum Gasteiger partial charge on any atom is -0.465 e. The van der Waals surface area contributed by atoms with Crippen LogP contribution in [-0.2, 0) is 4.74 Å². The molecule has 0 aromatic heterocycles. The lowest BCUT2D eigenvalue weighted by molar-refractivity contribution is 0.0596. The number of nitrogens with one attached hydrogen (secondary N) is 1. The number of hydrogen-bond donors (Lipinski definition) is 2. The maximum atomic E-state index is 13.6. The van der Waals surface area contributed by atoms with Crippen LogP contribution in [0, 0.1) is 5.82 Å². The maximum absolute atomic E-state index is 13.6. The largest absolute Gasteiger partial charge is 0.465 e. The van der Waals surface area contributed by atoms with Crippen molar-refractivity contribution in [1.82, 2.24) is 0 Å². The van der Waals surface area contributed by atoms with E-state index in [2.05, 4.69) is 10.1 Å². The van der Waals surface area contributed by atoms with Gasteiger partial charge in [0.05, 0.1) is 24.1 Å². The lowest BCUT2D eigenvalue weighted by atomic mass is 10.2. The summed E-state index contributed by atoms with van der Waals surface area (Å²) in [6.07, 6.45) is -0.756. The summed E-state index contributed by atoms with van der Waals surface area (Å²) in [4.78, 5) is 11.3. The number of rotatable bonds is 5. The van der Waals surface area contributed by atoms with Crippen LogP contribution in [0.5, 0.6) is 0 Å². The average molecular weight is 296 g/mol. The molecule has 0 aliphatic rings. The molecule has 0 saturated heterocycles. The van der Waals surface area contributed by atoms with E-state index in [0.29, 0.717) is 5.69 Å². The van der Waals surface area contributed by atoms with Gasteiger partial charge in [0.15, 0.2) is 0 Å². The number of carbonyl (C=O) groups excluding carboxylic acids is 1. The summed E-state index contributed by atoms with van der Waals surface area (Å²) in [5.41, 5.74) is 0.0249. The molecule has 2 N–H and O–H groups in total. The molecule has 0 amide bonds. The molecule has 0 radical (unpaired) electrons. The molecule has 0 aliphatic heterocycles. The Morgan fingerprint density at radius 3 is 2.78 bits per heavy atom. The van der Waals surface area contributed by atoms with E-state index in [1.54, 1.807) is 0 Å². The Bertz CT molecular complexity index is 419. The number of alkyl halides is 1. The summed E-state index contributed by atoms with van der Waals surface area (Å²) in [5, 5.41) is 11.9. The molecule has 18 heavy (non-hydrogen) atoms. The van der Waals surface area contributed by atoms with Crippen LogP contribution >= 0.6 is 23.2 Å². The molecular formula is C11H12Cl2FNO3. The number of carbonyl (C=O) groups is 1. The molecule has 0 bridgehead atoms. The molecule has 1 rings (SSSR count). The Morgan fingerprint density at radius 1 is 1.61 bits per heavy atom. The van der Waals surface area contributed by atoms with Crippen molar-refractivity contribution in [3.05, 3.63) is 28.5 Å². The predicted octanol–water partition coefficient (Wildman–Crippen LogP) is 2.28. The van der Waals surface area contributed by atoms with Gasteiger partial charge in [-0.25, -0.2) is 9.18 Å². The molecule has 0 fully saturated rings. The van der Waals surface area contributed by atoms with Crippen LogP contribution in [0.3, 0.4) is 0 Å². The third-order valence-electron chi connectivity index (χ3n) is 2.15. The minimum atomic E-state index is -0.843. The molecule has 0 saturated carbocycles. The van der Waals surface area contributed by atoms with Crippen molar-refractivity contribution in [3.8, 4) is 0 Å². The van der Waals surface area contributed by atoms with Gasteiger partial charge in [-0.2, -0.15) is 0 Å². The number of esters is 1. The van der Waals surface area contributed by atoms with Crippen molar-refractivity contribution in [2.45, 2.75) is 6.10 Å². The molecule has 1 aromatic carbocycles. The highest BCUT2D eigenvalue weighted by Crippen LogP contribution is 2.25. The van der Waals surface area contributed by atoms with Gasteiger partial charge in [0.25, 0.3) is 0 Å². The van der Waals surface area contributed by atoms with E-state index in [0.717, 1.165) is 13.2 Å². The second kappa shape index (κ2) is 6.78. The van der Waals surface area contributed by atoms with Gasteiger partial charge < -0.3 is 15.2 Å². The van der Waals surface area contributed by atoms with Crippen LogP contribution in [-0.4, -0.2) is 36.7 Å². The van der Waals surface area contributed by atoms with Gasteiger partial charge in [0.2, 0.25) is 0 Å². The number of ether oxygens (including phenoxy) is 1. The third kappa shape index (κ3) is 3.73. The predicted molar refractivity (Wildman–Crippen MR) is 68.0 cm³/mol. The molecule has 0 spiro atoms. The number of benzene rings is 1. The average Bonchev–Trinajstić information content (AvgIpc) is 2.34. The first-order valence-electron chi connectivity index (χ1n) is 5.04. The molecular weight excluding hydrogens is 284 g/mol. The minimum absolute atomic E-state index is 0.0590. The van der Waals surface area contributed by atoms with Gasteiger partial charge >= 0.3 is 5.97 Å². The summed E-state index contributed by atoms with van der Waals surface area (Å²) in [6, 6.07) is 2.47. The number of methoxy groups -OCH3 is 1. The molecule has 100 valence electrons. The van der Waals surface area contributed by atoms with E-state index in [1.165, 1.54) is 6.07 Å². The number of halogens is 3. The Hall–Kier alpha value is -1.04. The maximum Gasteiger partial charge on any atom is 0.342 e. The first kappa shape index (κ1) is 15.0. The standard InChI is InChI=1S/C11H12Cl2FNO3/c1-18-11(17)10-8(13)2-6(3-9(10)14)15-5-7(16)4-12/h2-3,7,15-16H,4-5H2,1H3. The van der Waals surface area contributed by atoms with Crippen molar-refractivity contribution in [3.63, 3.8) is 0 Å². The van der Waals surface area contributed by atoms with E-state index < -0.39 is 17.9 Å². The zero-order chi connectivity index (χ0) is 13.7. The van der Waals surface area contributed by atoms with E-state index in [4.69, 9.17) is 23.2 Å². The summed E-state index contributed by atoms with van der Waals surface area (Å²) in [7, 11) is 1.14. The number of anilines is 1. The lowest BCUT2D eigenvalue weighted by Crippen LogP contribution is -2.21. The second-order valence-corrected chi connectivity index (χ2v) is 4.21. The first-order chi connectivity index (χ1) is 8.49. The van der Waals surface area contributed by atoms with E-state index in [9.17, 15) is 14.3 Å². The SMILES string of the molecule is COC(=O)c1c(F)cc(NCC(O)CCl)cc1Cl. The van der Waals surface area contributed by atoms with Crippen molar-refractivity contribution < 1.29 is 19.0 Å². The lowest BCUT2D eigenvalue weighted by Gasteiger charge is -2.12. The topological polar surface area (TPSA) is 58.6 Å². The number of aliphatic hydroxyl groups is 1. The fraction of sp³-hybridized carbons (Fsp3) is 0.364. The summed E-state index contributed by atoms with van der Waals surface area (Å²) < 4.78 is 18.1. The fourth-order valence-electron chi connectivity index (χ4n) is 1.26. The molecule has 1 unspecified atom stereocenters. The van der Waals surface area contributed by atoms with Crippen LogP contribution in [0.15, 0.2) is 12.1 Å². The zero-order valence-electron chi connectivity index (χ0n) is 9.54. The Kier molecular flexibility index (Phi) is 5.65. The second-order valence-electron chi connectivity index (χ2n) is 3.50. The van der Waals surface area contributed by atoms with Crippen molar-refractivity contribution >= 4 is 34.9 Å². The van der Waals surface area contributed by atoms with Gasteiger partial charge in [-0.1, -0.05) is 11.6 Å². The van der Waals surface area contributed by atoms with Gasteiger partial charge in [-0.3, -0.25) is 0 Å². The zero-order valence-corrected chi connectivity index (χ0v) is 11.1. The first-order valence-corrected chi connectivity index (χ1v) is 5.96. The Morgan fingerprint density at radius 2 is 2.28 bits per heavy atom. The molecule has 7 heteroatoms. The van der Waals surface area contributed by atoms with Gasteiger partial charge in [-0.15, -0.1) is 11.6 Å². The molecule has 1 aromatic rings. The van der Waals surface area contributed by atoms with Crippen LogP contribution in [0.4, 0.5) is 10.1 Å². The third-order valence-corrected chi connectivity index (χ3v) is 2.81. The molecule has 1 atom stereocenters. The van der Waals surface area contributed by atoms with Crippen molar-refractivity contribution in [2.75, 3.05) is 24.9 Å². The normalized spacial score (nSPS) is 12.1. The van der Waals surface area contributed by atoms with Gasteiger partial charge in [0, 0.05) is 12.2 Å². The van der Waals surface area contributed by atoms with Crippen molar-refractivity contribution in [1.29, 1.82) is 0 Å². The highest BCUT2D eigenvalue weighted by Gasteiger charge is 2.18. The van der Waals surface area contributed by atoms with E-state index >= 15 is 0 Å². The summed E-state index contributed by atoms with van der Waals surface area (Å²) in [6.45, 7) is 0.150. The van der Waals surface area contributed by atoms with Crippen LogP contribution < -0.4 is 5.32 Å². The molecule has 0 aliphatic carbocycles. The summed E-state index contributed by atoms with van der Waals surface area (Å²) >= 11 is 11.2. The van der Waals surface area contributed by atoms with Gasteiger partial charge in [-0.05, 0) is 12.1 Å². The molecule has 0 heterocycles. The van der Waals surface area contributed by atoms with Crippen molar-refractivity contribution in [2.24, 2.45) is 0 Å². The van der Waals surface area contributed by atoms with Crippen LogP contribution in [0.1, 0.15) is 10.4 Å². The Labute approximate surface area is 114 Å². The number of aliphatic hydroxyl groups excluding tert-OH is 1. The van der Waals surface area contributed by atoms with Gasteiger partial charge in [0.1, 0.15) is 11.4 Å². The van der Waals surface area contributed by atoms with Crippen LogP contribution in [0.25, 0.3) is 0 Å². The van der Waals surface area contributed by atoms with E-state index in [1.807, 2.05) is 0 Å². The highest BCUT2D eigenvalue weighted by atomic mass is 35.5. The smallest absolute Gasteiger partial charge is 0.342 e. The van der Waals surface area contributed by atoms with E-state index in [-0.39, 0.29) is 23.0 Å². The quantitative estimate of drug-likeness (QED) is 0.646. The molecule has 4 nitrogen and oxygen atoms in total. The summed E-state index contributed by atoms with van der Waals surface area (Å²) in [5.74, 6) is -1.58. The Balaban J connectivity index is 2.89. The highest BCUT2D eigenvalue weighted by molar-refractivity contribution is 6.33. The monoisotopic (exact) mass is 295 g/mol.